The number of anilines is 2. The van der Waals surface area contributed by atoms with Gasteiger partial charge in [0.2, 0.25) is 11.8 Å². The molecule has 18 nitrogen and oxygen atoms in total. The number of pyridine rings is 2. The van der Waals surface area contributed by atoms with E-state index in [1.54, 1.807) is 107 Å². The van der Waals surface area contributed by atoms with E-state index in [0.717, 1.165) is 33.3 Å². The quantitative estimate of drug-likeness (QED) is 0.0673. The van der Waals surface area contributed by atoms with E-state index in [2.05, 4.69) is 36.5 Å². The Morgan fingerprint density at radius 1 is 0.684 bits per heavy atom. The second-order valence-electron chi connectivity index (χ2n) is 19.3. The topological polar surface area (TPSA) is 240 Å². The van der Waals surface area contributed by atoms with E-state index in [1.807, 2.05) is 45.9 Å². The summed E-state index contributed by atoms with van der Waals surface area (Å²) in [5.41, 5.74) is 15.3. The van der Waals surface area contributed by atoms with Crippen molar-refractivity contribution >= 4 is 99.1 Å². The van der Waals surface area contributed by atoms with Gasteiger partial charge in [-0.15, -0.1) is 0 Å². The van der Waals surface area contributed by atoms with Gasteiger partial charge in [0.25, 0.3) is 11.8 Å². The Morgan fingerprint density at radius 3 is 1.62 bits per heavy atom. The number of amides is 4. The van der Waals surface area contributed by atoms with Gasteiger partial charge in [-0.1, -0.05) is 29.3 Å². The minimum Gasteiger partial charge on any atom is -0.486 e. The maximum atomic E-state index is 12.2. The first-order valence-electron chi connectivity index (χ1n) is 23.9. The van der Waals surface area contributed by atoms with Crippen molar-refractivity contribution in [3.8, 4) is 22.8 Å². The van der Waals surface area contributed by atoms with E-state index in [9.17, 15) is 19.2 Å². The van der Waals surface area contributed by atoms with Gasteiger partial charge < -0.3 is 59.5 Å². The maximum absolute atomic E-state index is 12.2. The van der Waals surface area contributed by atoms with E-state index in [1.165, 1.54) is 22.0 Å². The van der Waals surface area contributed by atoms with Crippen LogP contribution in [0.1, 0.15) is 71.1 Å². The van der Waals surface area contributed by atoms with Gasteiger partial charge in [-0.2, -0.15) is 0 Å². The van der Waals surface area contributed by atoms with Crippen molar-refractivity contribution in [3.63, 3.8) is 0 Å². The monoisotopic (exact) mass is 1140 g/mol. The van der Waals surface area contributed by atoms with Crippen LogP contribution in [0.25, 0.3) is 23.5 Å². The summed E-state index contributed by atoms with van der Waals surface area (Å²) in [5, 5.41) is 6.66. The van der Waals surface area contributed by atoms with Crippen LogP contribution in [0.4, 0.5) is 11.6 Å². The molecule has 3 aliphatic heterocycles. The van der Waals surface area contributed by atoms with Crippen molar-refractivity contribution in [2.75, 3.05) is 52.7 Å². The highest BCUT2D eigenvalue weighted by Gasteiger charge is 2.52. The number of halogens is 3. The number of furan rings is 2. The number of nitrogens with zero attached hydrogens (tertiary/aromatic N) is 4. The van der Waals surface area contributed by atoms with Gasteiger partial charge in [-0.05, 0) is 145 Å². The number of benzene rings is 2. The summed E-state index contributed by atoms with van der Waals surface area (Å²) in [6.07, 6.45) is 10.2. The van der Waals surface area contributed by atoms with E-state index < -0.39 is 18.3 Å². The average molecular weight is 1140 g/mol. The number of nitrogens with two attached hydrogens (primary N) is 2. The number of aromatic nitrogens is 2. The van der Waals surface area contributed by atoms with Crippen LogP contribution >= 0.6 is 39.1 Å². The Bertz CT molecular complexity index is 3130. The number of nitrogen functional groups attached to an aromatic ring is 2. The van der Waals surface area contributed by atoms with Crippen molar-refractivity contribution < 1.29 is 46.8 Å². The summed E-state index contributed by atoms with van der Waals surface area (Å²) in [4.78, 5) is 58.5. The van der Waals surface area contributed by atoms with E-state index >= 15 is 0 Å². The molecule has 6 N–H and O–H groups in total. The summed E-state index contributed by atoms with van der Waals surface area (Å²) in [6.45, 7) is 8.75. The minimum atomic E-state index is -0.491. The largest absolute Gasteiger partial charge is 0.494 e. The third kappa shape index (κ3) is 14.4. The molecule has 2 aromatic carbocycles. The molecular weight excluding hydrogens is 1080 g/mol. The maximum Gasteiger partial charge on any atom is 0.494 e. The molecule has 3 aliphatic rings. The summed E-state index contributed by atoms with van der Waals surface area (Å²) >= 11 is 16.1. The molecule has 2 atom stereocenters. The van der Waals surface area contributed by atoms with Crippen molar-refractivity contribution in [1.82, 2.24) is 30.4 Å². The van der Waals surface area contributed by atoms with Gasteiger partial charge >= 0.3 is 7.12 Å². The molecule has 22 heteroatoms. The fraction of sp³-hybridized carbons (Fsp3) is 0.296. The number of nitrogens with one attached hydrogen (secondary N) is 2. The lowest BCUT2D eigenvalue weighted by Crippen LogP contribution is -2.41. The third-order valence-corrected chi connectivity index (χ3v) is 13.4. The van der Waals surface area contributed by atoms with Crippen LogP contribution < -0.4 is 37.0 Å². The lowest BCUT2D eigenvalue weighted by Gasteiger charge is -2.32. The van der Waals surface area contributed by atoms with Crippen LogP contribution in [0.2, 0.25) is 10.0 Å². The van der Waals surface area contributed by atoms with Crippen LogP contribution in [-0.2, 0) is 31.7 Å². The molecule has 1 fully saturated rings. The van der Waals surface area contributed by atoms with Gasteiger partial charge in [-0.25, -0.2) is 9.97 Å². The number of fused-ring (bicyclic) bond motifs is 2. The Balaban J connectivity index is 0.000000185. The Kier molecular flexibility index (Phi) is 18.1. The molecule has 0 aliphatic carbocycles. The number of carbonyl (C=O) groups excluding carboxylic acids is 4. The summed E-state index contributed by atoms with van der Waals surface area (Å²) in [7, 11) is 6.20. The molecule has 4 aromatic heterocycles. The number of hydrogen-bond donors (Lipinski definition) is 4. The van der Waals surface area contributed by atoms with Crippen LogP contribution in [0, 0.1) is 0 Å². The molecule has 0 radical (unpaired) electrons. The number of hydrogen-bond acceptors (Lipinski definition) is 14. The van der Waals surface area contributed by atoms with Gasteiger partial charge in [0, 0.05) is 76.7 Å². The number of rotatable bonds is 12. The van der Waals surface area contributed by atoms with E-state index in [4.69, 9.17) is 62.3 Å². The molecule has 0 spiro atoms. The van der Waals surface area contributed by atoms with Gasteiger partial charge in [0.1, 0.15) is 41.1 Å². The average Bonchev–Trinajstić information content (AvgIpc) is 4.25. The van der Waals surface area contributed by atoms with Crippen molar-refractivity contribution in [1.29, 1.82) is 0 Å². The normalized spacial score (nSPS) is 16.6. The molecular formula is C54H58BBrCl2N8O10. The molecule has 2 unspecified atom stereocenters. The smallest absolute Gasteiger partial charge is 0.486 e. The van der Waals surface area contributed by atoms with Crippen LogP contribution in [0.5, 0.6) is 11.5 Å². The van der Waals surface area contributed by atoms with Crippen LogP contribution in [0.3, 0.4) is 0 Å². The third-order valence-electron chi connectivity index (χ3n) is 12.4. The summed E-state index contributed by atoms with van der Waals surface area (Å²) < 4.78 is 35.5. The summed E-state index contributed by atoms with van der Waals surface area (Å²) in [5.74, 6) is 2.45. The first-order valence-corrected chi connectivity index (χ1v) is 25.5. The van der Waals surface area contributed by atoms with Crippen molar-refractivity contribution in [2.45, 2.75) is 63.9 Å². The van der Waals surface area contributed by atoms with Crippen LogP contribution in [-0.4, -0.2) is 115 Å². The Hall–Kier alpha value is -7.10. The lowest BCUT2D eigenvalue weighted by molar-refractivity contribution is -0.117. The fourth-order valence-corrected chi connectivity index (χ4v) is 8.56. The second-order valence-corrected chi connectivity index (χ2v) is 20.9. The van der Waals surface area contributed by atoms with Gasteiger partial charge in [-0.3, -0.25) is 19.2 Å². The molecule has 0 bridgehead atoms. The highest BCUT2D eigenvalue weighted by atomic mass is 79.9. The minimum absolute atomic E-state index is 0.129. The first-order chi connectivity index (χ1) is 35.9. The molecule has 1 saturated heterocycles. The van der Waals surface area contributed by atoms with E-state index in [0.29, 0.717) is 75.3 Å². The van der Waals surface area contributed by atoms with Gasteiger partial charge in [0.15, 0.2) is 16.2 Å². The molecule has 0 saturated carbocycles. The highest BCUT2D eigenvalue weighted by molar-refractivity contribution is 9.10. The molecule has 76 heavy (non-hydrogen) atoms. The molecule has 6 aromatic rings. The fourth-order valence-electron chi connectivity index (χ4n) is 7.68. The molecule has 4 amide bonds. The SMILES string of the molecule is CC1(C)OB(c2cc(Cl)c3c(c2)CC(CNC(=O)/C=C/c2ccc(N)nc2)O3)OC1(C)C.CN(C)C(=O)c1ccc(-c2cc(Cl)c3c(c2)CC(CNC(=O)/C=C/c2ccc(N)nc2)O3)o1.CN(C)C(=O)c1ccc(Br)o1. The number of carbonyl (C=O) groups is 4. The Morgan fingerprint density at radius 2 is 1.16 bits per heavy atom. The standard InChI is InChI=1S/C24H23ClN4O4.C23H27BClN3O4.C7H8BrNO2/c1-29(2)24(31)20-6-5-19(33-20)15-9-16-10-17(32-23(16)18(25)11-15)13-28-22(30)8-4-14-3-7-21(26)27-12-14;1-22(2)23(3,4)32-24(31-22)16-9-15-10-17(30-21(15)18(25)11-16)13-28-20(29)8-6-14-5-7-19(26)27-12-14;1-9(2)7(10)5-3-4-6(8)11-5/h3-9,11-12,17H,10,13H2,1-2H3,(H2,26,27)(H,28,30);5-9,11-12,17H,10,13H2,1-4H3,(H2,26,27)(H,28,29);3-4H,1-2H3/b8-4+;8-6+;. The van der Waals surface area contributed by atoms with Crippen molar-refractivity contribution in [3.05, 3.63) is 146 Å². The zero-order chi connectivity index (χ0) is 55.1. The summed E-state index contributed by atoms with van der Waals surface area (Å²) in [6, 6.07) is 21.1. The molecule has 7 heterocycles. The van der Waals surface area contributed by atoms with E-state index in [-0.39, 0.29) is 41.6 Å². The predicted octanol–water partition coefficient (Wildman–Crippen LogP) is 7.91. The molecule has 398 valence electrons. The zero-order valence-corrected chi connectivity index (χ0v) is 46.2. The molecule has 9 rings (SSSR count). The first kappa shape index (κ1) is 56.6. The number of ether oxygens (including phenoxy) is 2. The Labute approximate surface area is 459 Å². The zero-order valence-electron chi connectivity index (χ0n) is 43.1. The van der Waals surface area contributed by atoms with Crippen molar-refractivity contribution in [2.24, 2.45) is 0 Å². The lowest BCUT2D eigenvalue weighted by atomic mass is 9.78. The second kappa shape index (κ2) is 24.3. The highest BCUT2D eigenvalue weighted by Crippen LogP contribution is 2.41. The predicted molar refractivity (Wildman–Crippen MR) is 296 cm³/mol. The van der Waals surface area contributed by atoms with Crippen LogP contribution in [0.15, 0.2) is 111 Å². The van der Waals surface area contributed by atoms with Gasteiger partial charge in [0.05, 0.1) is 34.3 Å².